The van der Waals surface area contributed by atoms with Crippen LogP contribution in [0.3, 0.4) is 0 Å². The Morgan fingerprint density at radius 1 is 0.309 bits per heavy atom. The third-order valence-corrected chi connectivity index (χ3v) is 13.3. The molecule has 12 aromatic rings. The summed E-state index contributed by atoms with van der Waals surface area (Å²) in [6.45, 7) is 0. The number of fused-ring (bicyclic) bond motifs is 6. The van der Waals surface area contributed by atoms with Gasteiger partial charge in [-0.05, 0) is 119 Å². The van der Waals surface area contributed by atoms with Crippen molar-refractivity contribution in [1.29, 1.82) is 5.26 Å². The molecule has 0 atom stereocenters. The smallest absolute Gasteiger partial charge is 0.164 e. The van der Waals surface area contributed by atoms with Crippen LogP contribution >= 0.6 is 0 Å². The molecule has 6 nitrogen and oxygen atoms in total. The number of benzene rings is 9. The maximum Gasteiger partial charge on any atom is 0.164 e. The molecule has 0 fully saturated rings. The van der Waals surface area contributed by atoms with Gasteiger partial charge in [0.1, 0.15) is 0 Å². The van der Waals surface area contributed by atoms with Crippen molar-refractivity contribution in [3.05, 3.63) is 224 Å². The van der Waals surface area contributed by atoms with E-state index in [4.69, 9.17) is 15.0 Å². The molecule has 3 aromatic heterocycles. The first kappa shape index (κ1) is 39.0. The van der Waals surface area contributed by atoms with Crippen LogP contribution in [-0.2, 0) is 0 Å². The van der Waals surface area contributed by atoms with Crippen molar-refractivity contribution in [2.45, 2.75) is 0 Å². The normalized spacial score (nSPS) is 11.5. The molecule has 1 aliphatic carbocycles. The molecule has 0 aliphatic heterocycles. The molecule has 6 heteroatoms. The Morgan fingerprint density at radius 2 is 0.779 bits per heavy atom. The van der Waals surface area contributed by atoms with E-state index in [1.54, 1.807) is 0 Å². The summed E-state index contributed by atoms with van der Waals surface area (Å²) in [7, 11) is 0. The second-order valence-corrected chi connectivity index (χ2v) is 17.1. The van der Waals surface area contributed by atoms with E-state index >= 15 is 0 Å². The van der Waals surface area contributed by atoms with Gasteiger partial charge in [0.25, 0.3) is 0 Å². The minimum atomic E-state index is 0.582. The molecule has 0 bridgehead atoms. The van der Waals surface area contributed by atoms with E-state index in [9.17, 15) is 5.26 Å². The summed E-state index contributed by atoms with van der Waals surface area (Å²) in [5, 5.41) is 16.6. The number of rotatable bonds is 7. The van der Waals surface area contributed by atoms with Crippen LogP contribution in [0, 0.1) is 11.3 Å². The average molecular weight is 865 g/mol. The van der Waals surface area contributed by atoms with Gasteiger partial charge in [0.15, 0.2) is 17.5 Å². The van der Waals surface area contributed by atoms with E-state index in [0.717, 1.165) is 83.0 Å². The Labute approximate surface area is 392 Å². The second-order valence-electron chi connectivity index (χ2n) is 17.1. The van der Waals surface area contributed by atoms with Gasteiger partial charge in [0.2, 0.25) is 0 Å². The molecule has 68 heavy (non-hydrogen) atoms. The monoisotopic (exact) mass is 864 g/mol. The molecule has 314 valence electrons. The lowest BCUT2D eigenvalue weighted by Gasteiger charge is -2.17. The van der Waals surface area contributed by atoms with Crippen LogP contribution in [-0.4, -0.2) is 24.9 Å². The van der Waals surface area contributed by atoms with Gasteiger partial charge in [-0.1, -0.05) is 164 Å². The summed E-state index contributed by atoms with van der Waals surface area (Å²) >= 11 is 0. The minimum Gasteiger partial charge on any atom is -0.256 e. The molecule has 1 aliphatic rings. The fourth-order valence-corrected chi connectivity index (χ4v) is 9.96. The Hall–Kier alpha value is -9.44. The van der Waals surface area contributed by atoms with Gasteiger partial charge >= 0.3 is 0 Å². The molecule has 0 unspecified atom stereocenters. The molecule has 0 saturated heterocycles. The molecule has 3 heterocycles. The minimum absolute atomic E-state index is 0.582. The summed E-state index contributed by atoms with van der Waals surface area (Å²) in [5.41, 5.74) is 16.6. The average Bonchev–Trinajstić information content (AvgIpc) is 3.75. The molecule has 0 saturated carbocycles. The van der Waals surface area contributed by atoms with Crippen molar-refractivity contribution in [2.75, 3.05) is 0 Å². The van der Waals surface area contributed by atoms with Gasteiger partial charge in [-0.15, -0.1) is 0 Å². The summed E-state index contributed by atoms with van der Waals surface area (Å²) in [4.78, 5) is 24.5. The highest BCUT2D eigenvalue weighted by atomic mass is 15.0. The van der Waals surface area contributed by atoms with Crippen LogP contribution in [0.4, 0.5) is 0 Å². The summed E-state index contributed by atoms with van der Waals surface area (Å²) in [6, 6.07) is 74.0. The fraction of sp³-hybridized carbons (Fsp3) is 0. The largest absolute Gasteiger partial charge is 0.256 e. The first-order valence-electron chi connectivity index (χ1n) is 22.6. The zero-order chi connectivity index (χ0) is 45.1. The first-order valence-corrected chi connectivity index (χ1v) is 22.6. The van der Waals surface area contributed by atoms with Gasteiger partial charge in [0.05, 0.1) is 23.0 Å². The predicted molar refractivity (Wildman–Crippen MR) is 275 cm³/mol. The third-order valence-electron chi connectivity index (χ3n) is 13.3. The van der Waals surface area contributed by atoms with Crippen LogP contribution < -0.4 is 0 Å². The highest BCUT2D eigenvalue weighted by molar-refractivity contribution is 6.24. The van der Waals surface area contributed by atoms with E-state index in [-0.39, 0.29) is 0 Å². The van der Waals surface area contributed by atoms with Crippen molar-refractivity contribution >= 4 is 32.3 Å². The van der Waals surface area contributed by atoms with Crippen molar-refractivity contribution < 1.29 is 0 Å². The maximum absolute atomic E-state index is 9.64. The van der Waals surface area contributed by atoms with E-state index in [0.29, 0.717) is 23.0 Å². The van der Waals surface area contributed by atoms with Crippen molar-refractivity contribution in [1.82, 2.24) is 24.9 Å². The van der Waals surface area contributed by atoms with Crippen molar-refractivity contribution in [2.24, 2.45) is 0 Å². The Balaban J connectivity index is 0.972. The Kier molecular flexibility index (Phi) is 9.12. The van der Waals surface area contributed by atoms with Gasteiger partial charge in [-0.3, -0.25) is 9.97 Å². The third kappa shape index (κ3) is 6.53. The van der Waals surface area contributed by atoms with Crippen LogP contribution in [0.2, 0.25) is 0 Å². The number of pyridine rings is 2. The Morgan fingerprint density at radius 3 is 1.35 bits per heavy atom. The van der Waals surface area contributed by atoms with E-state index < -0.39 is 0 Å². The summed E-state index contributed by atoms with van der Waals surface area (Å²) in [6.07, 6.45) is 3.62. The molecule has 9 aromatic carbocycles. The molecule has 0 N–H and O–H groups in total. The predicted octanol–water partition coefficient (Wildman–Crippen LogP) is 15.3. The lowest BCUT2D eigenvalue weighted by Crippen LogP contribution is -2.00. The lowest BCUT2D eigenvalue weighted by molar-refractivity contribution is 1.07. The number of hydrogen-bond acceptors (Lipinski definition) is 6. The number of hydrogen-bond donors (Lipinski definition) is 0. The standard InChI is InChI=1S/C62H36N6/c63-37-38-14-16-39(17-15-38)46-30-31-53-47-8-1-2-9-48(47)54-33-32-52(58(46)59(53)54)49-10-7-11-50-51(49)29-28-40-18-27-45(36-55(40)50)62-67-60(43-23-19-41(20-24-43)56-12-3-5-34-64-56)66-61(68-62)44-25-21-42(22-26-44)57-13-4-6-35-65-57/h1-36H. The fourth-order valence-electron chi connectivity index (χ4n) is 9.96. The highest BCUT2D eigenvalue weighted by Gasteiger charge is 2.25. The van der Waals surface area contributed by atoms with Crippen LogP contribution in [0.15, 0.2) is 219 Å². The number of aromatic nitrogens is 5. The zero-order valence-electron chi connectivity index (χ0n) is 36.5. The van der Waals surface area contributed by atoms with E-state index in [1.165, 1.54) is 33.0 Å². The van der Waals surface area contributed by atoms with E-state index in [1.807, 2.05) is 60.9 Å². The Bertz CT molecular complexity index is 3860. The molecule has 13 rings (SSSR count). The lowest BCUT2D eigenvalue weighted by atomic mass is 9.86. The summed E-state index contributed by atoms with van der Waals surface area (Å²) < 4.78 is 0. The molecule has 0 amide bonds. The van der Waals surface area contributed by atoms with Gasteiger partial charge in [-0.25, -0.2) is 15.0 Å². The van der Waals surface area contributed by atoms with E-state index in [2.05, 4.69) is 174 Å². The molecule has 0 spiro atoms. The summed E-state index contributed by atoms with van der Waals surface area (Å²) in [5.74, 6) is 1.75. The van der Waals surface area contributed by atoms with Gasteiger partial charge in [0, 0.05) is 40.2 Å². The zero-order valence-corrected chi connectivity index (χ0v) is 36.5. The topological polar surface area (TPSA) is 88.2 Å². The second kappa shape index (κ2) is 15.9. The maximum atomic E-state index is 9.64. The molecular formula is C62H36N6. The first-order chi connectivity index (χ1) is 33.6. The number of nitrogens with zero attached hydrogens (tertiary/aromatic N) is 6. The van der Waals surface area contributed by atoms with Gasteiger partial charge in [-0.2, -0.15) is 5.26 Å². The SMILES string of the molecule is N#Cc1ccc(-c2ccc3c4c(ccc(-c5cccc6c5ccc5ccc(-c7nc(-c8ccc(-c9ccccn9)cc8)nc(-c8ccc(-c9ccccn9)cc8)n7)cc56)c24)-c2ccccc2-3)cc1. The highest BCUT2D eigenvalue weighted by Crippen LogP contribution is 2.52. The van der Waals surface area contributed by atoms with Crippen LogP contribution in [0.25, 0.3) is 134 Å². The quantitative estimate of drug-likeness (QED) is 0.148. The van der Waals surface area contributed by atoms with Crippen LogP contribution in [0.1, 0.15) is 5.56 Å². The molecule has 0 radical (unpaired) electrons. The van der Waals surface area contributed by atoms with Gasteiger partial charge < -0.3 is 0 Å². The van der Waals surface area contributed by atoms with Crippen molar-refractivity contribution in [3.8, 4) is 107 Å². The number of nitriles is 1. The van der Waals surface area contributed by atoms with Crippen molar-refractivity contribution in [3.63, 3.8) is 0 Å². The molecular weight excluding hydrogens is 829 g/mol. The van der Waals surface area contributed by atoms with Crippen LogP contribution in [0.5, 0.6) is 0 Å².